The van der Waals surface area contributed by atoms with Gasteiger partial charge in [-0.15, -0.1) is 0 Å². The second kappa shape index (κ2) is 11.8. The molecular formula is C30H24F4N6O4S. The van der Waals surface area contributed by atoms with Crippen LogP contribution >= 0.6 is 0 Å². The zero-order valence-electron chi connectivity index (χ0n) is 23.5. The van der Waals surface area contributed by atoms with E-state index in [1.54, 1.807) is 12.1 Å². The normalized spacial score (nSPS) is 13.7. The minimum Gasteiger partial charge on any atom is -0.494 e. The molecule has 0 unspecified atom stereocenters. The summed E-state index contributed by atoms with van der Waals surface area (Å²) in [4.78, 5) is 14.2. The van der Waals surface area contributed by atoms with Crippen molar-refractivity contribution < 1.29 is 35.5 Å². The zero-order valence-corrected chi connectivity index (χ0v) is 24.3. The largest absolute Gasteiger partial charge is 0.494 e. The lowest BCUT2D eigenvalue weighted by atomic mass is 10.0. The summed E-state index contributed by atoms with van der Waals surface area (Å²) in [6, 6.07) is 10.2. The topological polar surface area (TPSA) is 133 Å². The average molecular weight is 641 g/mol. The first-order valence-electron chi connectivity index (χ1n) is 13.5. The molecule has 3 N–H and O–H groups in total. The molecule has 0 atom stereocenters. The number of nitrogen functional groups attached to an aromatic ring is 1. The maximum atomic E-state index is 16.0. The molecule has 45 heavy (non-hydrogen) atoms. The van der Waals surface area contributed by atoms with Gasteiger partial charge in [0.2, 0.25) is 0 Å². The lowest BCUT2D eigenvalue weighted by molar-refractivity contribution is 0.122. The molecule has 5 aromatic rings. The van der Waals surface area contributed by atoms with Crippen LogP contribution in [-0.4, -0.2) is 56.8 Å². The maximum absolute atomic E-state index is 16.0. The SMILES string of the molecule is COc1cc(-c2c(F)ccc(NS(=O)(=O)c3c(F)cccc3F)c2F)cc2c(N3CCOCC3)nc(-c3ccc(N)nc3)nc12. The molecule has 2 aromatic heterocycles. The molecule has 6 rings (SSSR count). The van der Waals surface area contributed by atoms with Gasteiger partial charge >= 0.3 is 0 Å². The molecule has 232 valence electrons. The van der Waals surface area contributed by atoms with Gasteiger partial charge in [-0.25, -0.2) is 40.9 Å². The zero-order chi connectivity index (χ0) is 31.9. The minimum absolute atomic E-state index is 0.0347. The van der Waals surface area contributed by atoms with Crippen LogP contribution in [0.1, 0.15) is 0 Å². The van der Waals surface area contributed by atoms with Crippen LogP contribution in [0.3, 0.4) is 0 Å². The third-order valence-electron chi connectivity index (χ3n) is 7.13. The van der Waals surface area contributed by atoms with Gasteiger partial charge in [0.1, 0.15) is 40.4 Å². The Labute approximate surface area is 254 Å². The number of sulfonamides is 1. The number of hydrogen-bond acceptors (Lipinski definition) is 9. The molecule has 0 bridgehead atoms. The first kappa shape index (κ1) is 30.0. The summed E-state index contributed by atoms with van der Waals surface area (Å²) in [5.74, 6) is -3.93. The Morgan fingerprint density at radius 1 is 0.933 bits per heavy atom. The molecule has 0 aliphatic carbocycles. The highest BCUT2D eigenvalue weighted by Crippen LogP contribution is 2.40. The second-order valence-corrected chi connectivity index (χ2v) is 11.6. The molecule has 1 saturated heterocycles. The highest BCUT2D eigenvalue weighted by Gasteiger charge is 2.28. The van der Waals surface area contributed by atoms with Crippen molar-refractivity contribution in [1.82, 2.24) is 15.0 Å². The van der Waals surface area contributed by atoms with Crippen molar-refractivity contribution in [2.45, 2.75) is 4.90 Å². The van der Waals surface area contributed by atoms with Crippen molar-refractivity contribution in [2.24, 2.45) is 0 Å². The molecule has 0 amide bonds. The fourth-order valence-electron chi connectivity index (χ4n) is 5.00. The Bertz CT molecular complexity index is 2020. The van der Waals surface area contributed by atoms with Gasteiger partial charge in [0.25, 0.3) is 10.0 Å². The van der Waals surface area contributed by atoms with E-state index >= 15 is 8.78 Å². The Kier molecular flexibility index (Phi) is 7.88. The lowest BCUT2D eigenvalue weighted by Gasteiger charge is -2.29. The highest BCUT2D eigenvalue weighted by molar-refractivity contribution is 7.92. The molecule has 15 heteroatoms. The van der Waals surface area contributed by atoms with Crippen molar-refractivity contribution in [2.75, 3.05) is 48.8 Å². The molecule has 3 aromatic carbocycles. The van der Waals surface area contributed by atoms with Crippen LogP contribution in [0.5, 0.6) is 5.75 Å². The number of halogens is 4. The molecule has 10 nitrogen and oxygen atoms in total. The van der Waals surface area contributed by atoms with Crippen molar-refractivity contribution in [1.29, 1.82) is 0 Å². The smallest absolute Gasteiger partial charge is 0.267 e. The Morgan fingerprint density at radius 3 is 2.33 bits per heavy atom. The molecule has 0 radical (unpaired) electrons. The van der Waals surface area contributed by atoms with E-state index in [1.807, 2.05) is 9.62 Å². The molecule has 1 aliphatic rings. The summed E-state index contributed by atoms with van der Waals surface area (Å²) < 4.78 is 98.6. The third-order valence-corrected chi connectivity index (χ3v) is 8.55. The van der Waals surface area contributed by atoms with Gasteiger partial charge in [0.05, 0.1) is 31.6 Å². The van der Waals surface area contributed by atoms with Gasteiger partial charge < -0.3 is 20.1 Å². The van der Waals surface area contributed by atoms with E-state index in [4.69, 9.17) is 20.2 Å². The molecule has 1 aliphatic heterocycles. The van der Waals surface area contributed by atoms with E-state index in [0.717, 1.165) is 30.3 Å². The number of rotatable bonds is 7. The molecular weight excluding hydrogens is 616 g/mol. The van der Waals surface area contributed by atoms with E-state index in [-0.39, 0.29) is 11.3 Å². The lowest BCUT2D eigenvalue weighted by Crippen LogP contribution is -2.37. The molecule has 3 heterocycles. The van der Waals surface area contributed by atoms with Crippen LogP contribution in [0.4, 0.5) is 34.9 Å². The number of anilines is 3. The van der Waals surface area contributed by atoms with E-state index in [9.17, 15) is 17.2 Å². The number of nitrogens with two attached hydrogens (primary N) is 1. The van der Waals surface area contributed by atoms with Crippen LogP contribution in [-0.2, 0) is 14.8 Å². The number of pyridine rings is 1. The Hall–Kier alpha value is -5.02. The Morgan fingerprint density at radius 2 is 1.67 bits per heavy atom. The fraction of sp³-hybridized carbons (Fsp3) is 0.167. The summed E-state index contributed by atoms with van der Waals surface area (Å²) in [7, 11) is -3.59. The third kappa shape index (κ3) is 5.67. The maximum Gasteiger partial charge on any atom is 0.267 e. The molecule has 0 saturated carbocycles. The quantitative estimate of drug-likeness (QED) is 0.232. The van der Waals surface area contributed by atoms with Gasteiger partial charge in [-0.2, -0.15) is 0 Å². The summed E-state index contributed by atoms with van der Waals surface area (Å²) in [6.45, 7) is 1.75. The van der Waals surface area contributed by atoms with E-state index < -0.39 is 49.4 Å². The van der Waals surface area contributed by atoms with E-state index in [2.05, 4.69) is 9.97 Å². The first-order chi connectivity index (χ1) is 21.6. The number of morpholine rings is 1. The predicted octanol–water partition coefficient (Wildman–Crippen LogP) is 5.14. The van der Waals surface area contributed by atoms with Gasteiger partial charge in [-0.1, -0.05) is 6.07 Å². The number of nitrogens with zero attached hydrogens (tertiary/aromatic N) is 4. The van der Waals surface area contributed by atoms with Gasteiger partial charge in [0, 0.05) is 30.2 Å². The number of hydrogen-bond donors (Lipinski definition) is 2. The van der Waals surface area contributed by atoms with Crippen LogP contribution in [0.25, 0.3) is 33.4 Å². The molecule has 1 fully saturated rings. The minimum atomic E-state index is -4.95. The first-order valence-corrected chi connectivity index (χ1v) is 15.0. The van der Waals surface area contributed by atoms with Crippen molar-refractivity contribution in [3.05, 3.63) is 84.1 Å². The number of benzene rings is 3. The fourth-order valence-corrected chi connectivity index (χ4v) is 6.20. The number of aromatic nitrogens is 3. The van der Waals surface area contributed by atoms with E-state index in [1.165, 1.54) is 25.4 Å². The van der Waals surface area contributed by atoms with Crippen LogP contribution < -0.4 is 20.1 Å². The van der Waals surface area contributed by atoms with Crippen molar-refractivity contribution in [3.8, 4) is 28.3 Å². The Balaban J connectivity index is 1.52. The highest BCUT2D eigenvalue weighted by atomic mass is 32.2. The summed E-state index contributed by atoms with van der Waals surface area (Å²) in [5, 5.41) is 0.386. The number of ether oxygens (including phenoxy) is 2. The molecule has 0 spiro atoms. The summed E-state index contributed by atoms with van der Waals surface area (Å²) in [5.41, 5.74) is 5.25. The van der Waals surface area contributed by atoms with E-state index in [0.29, 0.717) is 60.2 Å². The second-order valence-electron chi connectivity index (χ2n) is 9.96. The number of nitrogens with one attached hydrogen (secondary N) is 1. The standard InChI is InChI=1S/C30H24F4N6O4S/c1-43-23-14-17(25-19(31)6-7-22(26(25)34)39-45(41,42)28-20(32)3-2-4-21(28)33)13-18-27(23)37-29(16-5-8-24(35)36-15-16)38-30(18)40-9-11-44-12-10-40/h2-8,13-15,39H,9-12H2,1H3,(H2,35,36). The van der Waals surface area contributed by atoms with Gasteiger partial charge in [-0.05, 0) is 54.1 Å². The summed E-state index contributed by atoms with van der Waals surface area (Å²) >= 11 is 0. The van der Waals surface area contributed by atoms with Gasteiger partial charge in [0.15, 0.2) is 16.5 Å². The average Bonchev–Trinajstić information content (AvgIpc) is 3.02. The van der Waals surface area contributed by atoms with Crippen LogP contribution in [0.2, 0.25) is 0 Å². The monoisotopic (exact) mass is 640 g/mol. The van der Waals surface area contributed by atoms with Gasteiger partial charge in [-0.3, -0.25) is 4.72 Å². The summed E-state index contributed by atoms with van der Waals surface area (Å²) in [6.07, 6.45) is 1.52. The number of methoxy groups -OCH3 is 1. The van der Waals surface area contributed by atoms with Crippen molar-refractivity contribution in [3.63, 3.8) is 0 Å². The predicted molar refractivity (Wildman–Crippen MR) is 159 cm³/mol. The van der Waals surface area contributed by atoms with Crippen LogP contribution in [0.15, 0.2) is 65.7 Å². The van der Waals surface area contributed by atoms with Crippen molar-refractivity contribution >= 4 is 38.2 Å². The van der Waals surface area contributed by atoms with Crippen LogP contribution in [0, 0.1) is 23.3 Å². The number of fused-ring (bicyclic) bond motifs is 1.